The smallest absolute Gasteiger partial charge is 0.169 e. The summed E-state index contributed by atoms with van der Waals surface area (Å²) >= 11 is 0. The van der Waals surface area contributed by atoms with Gasteiger partial charge in [-0.1, -0.05) is 24.3 Å². The van der Waals surface area contributed by atoms with E-state index < -0.39 is 5.92 Å². The second-order valence-corrected chi connectivity index (χ2v) is 6.31. The predicted molar refractivity (Wildman–Crippen MR) is 96.2 cm³/mol. The van der Waals surface area contributed by atoms with Crippen molar-refractivity contribution in [1.29, 1.82) is 0 Å². The molecule has 4 heteroatoms. The molecule has 1 atom stereocenters. The maximum Gasteiger partial charge on any atom is 0.169 e. The lowest BCUT2D eigenvalue weighted by Gasteiger charge is -2.24. The molecule has 3 rings (SSSR count). The molecule has 1 heterocycles. The normalized spacial score (nSPS) is 17.6. The third-order valence-corrected chi connectivity index (χ3v) is 4.66. The lowest BCUT2D eigenvalue weighted by molar-refractivity contribution is -0.117. The number of Topliss-reactive ketones (excluding diaryl/α,β-unsaturated/α-hetero) is 1. The minimum absolute atomic E-state index is 0.0351. The molecule has 0 aliphatic carbocycles. The molecule has 128 valence electrons. The molecule has 0 spiro atoms. The Morgan fingerprint density at radius 3 is 2.44 bits per heavy atom. The van der Waals surface area contributed by atoms with Crippen LogP contribution in [0.4, 0.5) is 4.39 Å². The summed E-state index contributed by atoms with van der Waals surface area (Å²) in [7, 11) is 0. The van der Waals surface area contributed by atoms with Gasteiger partial charge in [0, 0.05) is 16.8 Å². The second-order valence-electron chi connectivity index (χ2n) is 6.31. The molecular formula is C21H20FNO2. The summed E-state index contributed by atoms with van der Waals surface area (Å²) < 4.78 is 13.1. The molecule has 0 saturated carbocycles. The molecule has 0 bridgehead atoms. The van der Waals surface area contributed by atoms with Crippen LogP contribution in [0.1, 0.15) is 31.4 Å². The zero-order valence-corrected chi connectivity index (χ0v) is 14.3. The van der Waals surface area contributed by atoms with Crippen molar-refractivity contribution in [3.05, 3.63) is 76.7 Å². The molecule has 1 N–H and O–H groups in total. The van der Waals surface area contributed by atoms with E-state index in [9.17, 15) is 14.3 Å². The van der Waals surface area contributed by atoms with Gasteiger partial charge < -0.3 is 5.11 Å². The summed E-state index contributed by atoms with van der Waals surface area (Å²) in [6.07, 6.45) is 1.19. The molecule has 1 aliphatic rings. The highest BCUT2D eigenvalue weighted by molar-refractivity contribution is 6.21. The van der Waals surface area contributed by atoms with E-state index >= 15 is 0 Å². The summed E-state index contributed by atoms with van der Waals surface area (Å²) in [6.45, 7) is 3.59. The monoisotopic (exact) mass is 337 g/mol. The Bertz CT molecular complexity index is 866. The zero-order chi connectivity index (χ0) is 18.0. The number of para-hydroxylation sites is 1. The summed E-state index contributed by atoms with van der Waals surface area (Å²) in [4.78, 5) is 17.4. The van der Waals surface area contributed by atoms with Crippen molar-refractivity contribution in [2.24, 2.45) is 10.9 Å². The number of hydrogen-bond donors (Lipinski definition) is 1. The number of phenolic OH excluding ortho intramolecular Hbond substituents is 1. The van der Waals surface area contributed by atoms with E-state index in [1.165, 1.54) is 12.1 Å². The van der Waals surface area contributed by atoms with E-state index in [0.717, 1.165) is 5.56 Å². The van der Waals surface area contributed by atoms with E-state index in [4.69, 9.17) is 0 Å². The van der Waals surface area contributed by atoms with Crippen molar-refractivity contribution in [2.45, 2.75) is 26.7 Å². The third kappa shape index (κ3) is 3.53. The van der Waals surface area contributed by atoms with Crippen molar-refractivity contribution >= 4 is 11.5 Å². The van der Waals surface area contributed by atoms with Crippen LogP contribution in [0.25, 0.3) is 0 Å². The third-order valence-electron chi connectivity index (χ3n) is 4.66. The van der Waals surface area contributed by atoms with Crippen LogP contribution in [-0.2, 0) is 11.2 Å². The van der Waals surface area contributed by atoms with Gasteiger partial charge in [0.2, 0.25) is 0 Å². The molecule has 0 aromatic heterocycles. The van der Waals surface area contributed by atoms with E-state index in [-0.39, 0.29) is 17.3 Å². The van der Waals surface area contributed by atoms with Gasteiger partial charge in [0.05, 0.1) is 11.6 Å². The first-order chi connectivity index (χ1) is 12.0. The topological polar surface area (TPSA) is 49.7 Å². The number of allylic oxidation sites excluding steroid dienone is 2. The number of aromatic hydroxyl groups is 1. The molecule has 0 fully saturated rings. The number of aliphatic imine (C=N–C) groups is 1. The molecular weight excluding hydrogens is 317 g/mol. The number of rotatable bonds is 4. The Labute approximate surface area is 146 Å². The average Bonchev–Trinajstić information content (AvgIpc) is 2.61. The predicted octanol–water partition coefficient (Wildman–Crippen LogP) is 4.45. The second kappa shape index (κ2) is 7.01. The van der Waals surface area contributed by atoms with Gasteiger partial charge >= 0.3 is 0 Å². The van der Waals surface area contributed by atoms with Crippen LogP contribution >= 0.6 is 0 Å². The molecule has 0 saturated heterocycles. The van der Waals surface area contributed by atoms with Gasteiger partial charge in [-0.05, 0) is 56.5 Å². The van der Waals surface area contributed by atoms with Crippen molar-refractivity contribution in [3.8, 4) is 5.75 Å². The van der Waals surface area contributed by atoms with Gasteiger partial charge in [-0.15, -0.1) is 0 Å². The average molecular weight is 337 g/mol. The minimum Gasteiger partial charge on any atom is -0.507 e. The van der Waals surface area contributed by atoms with E-state index in [1.807, 2.05) is 13.0 Å². The van der Waals surface area contributed by atoms with E-state index in [1.54, 1.807) is 37.3 Å². The Balaban J connectivity index is 1.92. The number of benzene rings is 2. The van der Waals surface area contributed by atoms with Gasteiger partial charge in [-0.25, -0.2) is 4.39 Å². The highest BCUT2D eigenvalue weighted by Gasteiger charge is 2.31. The molecule has 25 heavy (non-hydrogen) atoms. The van der Waals surface area contributed by atoms with Gasteiger partial charge in [-0.2, -0.15) is 0 Å². The van der Waals surface area contributed by atoms with Gasteiger partial charge in [-0.3, -0.25) is 9.79 Å². The number of phenols is 1. The Kier molecular flexibility index (Phi) is 4.79. The highest BCUT2D eigenvalue weighted by Crippen LogP contribution is 2.30. The number of carbonyl (C=O) groups excluding carboxylic acids is 1. The Morgan fingerprint density at radius 2 is 1.76 bits per heavy atom. The SMILES string of the molecule is CC1=C(C)C(=O)C(CCc2ccc(F)cc2)C(c2ccccc2O)=N1. The van der Waals surface area contributed by atoms with E-state index in [2.05, 4.69) is 4.99 Å². The fourth-order valence-electron chi connectivity index (χ4n) is 3.07. The fraction of sp³-hybridized carbons (Fsp3) is 0.238. The number of ketones is 1. The highest BCUT2D eigenvalue weighted by atomic mass is 19.1. The van der Waals surface area contributed by atoms with Crippen LogP contribution < -0.4 is 0 Å². The Morgan fingerprint density at radius 1 is 1.08 bits per heavy atom. The van der Waals surface area contributed by atoms with Crippen LogP contribution in [0.5, 0.6) is 5.75 Å². The summed E-state index contributed by atoms with van der Waals surface area (Å²) in [5, 5.41) is 10.2. The first kappa shape index (κ1) is 17.1. The standard InChI is InChI=1S/C21H20FNO2/c1-13-14(2)23-20(17-5-3-4-6-19(17)24)18(21(13)25)12-9-15-7-10-16(22)11-8-15/h3-8,10-11,18,24H,9,12H2,1-2H3. The van der Waals surface area contributed by atoms with Crippen LogP contribution in [0, 0.1) is 11.7 Å². The number of hydrogen-bond acceptors (Lipinski definition) is 3. The molecule has 2 aromatic rings. The maximum atomic E-state index is 13.1. The van der Waals surface area contributed by atoms with Crippen LogP contribution in [0.3, 0.4) is 0 Å². The van der Waals surface area contributed by atoms with Gasteiger partial charge in [0.1, 0.15) is 11.6 Å². The molecule has 3 nitrogen and oxygen atoms in total. The van der Waals surface area contributed by atoms with Crippen LogP contribution in [-0.4, -0.2) is 16.6 Å². The first-order valence-corrected chi connectivity index (χ1v) is 8.30. The van der Waals surface area contributed by atoms with Crippen molar-refractivity contribution in [1.82, 2.24) is 0 Å². The largest absolute Gasteiger partial charge is 0.507 e. The number of nitrogens with zero attached hydrogens (tertiary/aromatic N) is 1. The Hall–Kier alpha value is -2.75. The van der Waals surface area contributed by atoms with Crippen LogP contribution in [0.15, 0.2) is 64.8 Å². The molecule has 0 radical (unpaired) electrons. The number of carbonyl (C=O) groups is 1. The summed E-state index contributed by atoms with van der Waals surface area (Å²) in [5.74, 6) is -0.536. The first-order valence-electron chi connectivity index (χ1n) is 8.30. The fourth-order valence-corrected chi connectivity index (χ4v) is 3.07. The molecule has 2 aromatic carbocycles. The lowest BCUT2D eigenvalue weighted by atomic mass is 9.82. The molecule has 1 aliphatic heterocycles. The van der Waals surface area contributed by atoms with Gasteiger partial charge in [0.25, 0.3) is 0 Å². The number of halogens is 1. The zero-order valence-electron chi connectivity index (χ0n) is 14.3. The summed E-state index contributed by atoms with van der Waals surface area (Å²) in [5.41, 5.74) is 3.50. The molecule has 1 unspecified atom stereocenters. The van der Waals surface area contributed by atoms with Crippen molar-refractivity contribution in [2.75, 3.05) is 0 Å². The quantitative estimate of drug-likeness (QED) is 0.896. The molecule has 0 amide bonds. The maximum absolute atomic E-state index is 13.1. The van der Waals surface area contributed by atoms with Gasteiger partial charge in [0.15, 0.2) is 5.78 Å². The van der Waals surface area contributed by atoms with Crippen LogP contribution in [0.2, 0.25) is 0 Å². The minimum atomic E-state index is -0.415. The van der Waals surface area contributed by atoms with Crippen molar-refractivity contribution < 1.29 is 14.3 Å². The lowest BCUT2D eigenvalue weighted by Crippen LogP contribution is -2.30. The van der Waals surface area contributed by atoms with Crippen molar-refractivity contribution in [3.63, 3.8) is 0 Å². The summed E-state index contributed by atoms with van der Waals surface area (Å²) in [6, 6.07) is 13.2. The van der Waals surface area contributed by atoms with E-state index in [0.29, 0.717) is 35.4 Å². The number of aryl methyl sites for hydroxylation is 1.